The molecule has 31 heavy (non-hydrogen) atoms. The summed E-state index contributed by atoms with van der Waals surface area (Å²) in [6.45, 7) is 10.1. The number of benzene rings is 2. The van der Waals surface area contributed by atoms with Gasteiger partial charge in [-0.3, -0.25) is 14.3 Å². The van der Waals surface area contributed by atoms with Gasteiger partial charge in [0.25, 0.3) is 11.5 Å². The molecular formula is C25H31N3O3. The normalized spacial score (nSPS) is 12.5. The number of aromatic nitrogens is 2. The largest absolute Gasteiger partial charge is 0.481 e. The Balaban J connectivity index is 1.81. The lowest BCUT2D eigenvalue weighted by molar-refractivity contribution is -0.122. The first kappa shape index (κ1) is 22.4. The SMILES string of the molecule is CC[C@H](Oc1ccc(C(C)(C)C)cc1)C(=O)Nc1c(C)n(C)n(-c2ccccc2)c1=O. The fourth-order valence-corrected chi connectivity index (χ4v) is 3.44. The summed E-state index contributed by atoms with van der Waals surface area (Å²) in [4.78, 5) is 26.0. The van der Waals surface area contributed by atoms with E-state index in [1.54, 1.807) is 11.7 Å². The second-order valence-electron chi connectivity index (χ2n) is 8.71. The van der Waals surface area contributed by atoms with E-state index in [1.165, 1.54) is 10.2 Å². The Kier molecular flexibility index (Phi) is 6.39. The quantitative estimate of drug-likeness (QED) is 0.634. The van der Waals surface area contributed by atoms with Crippen molar-refractivity contribution in [2.45, 2.75) is 52.6 Å². The van der Waals surface area contributed by atoms with Gasteiger partial charge in [0.2, 0.25) is 0 Å². The van der Waals surface area contributed by atoms with Gasteiger partial charge in [0, 0.05) is 7.05 Å². The highest BCUT2D eigenvalue weighted by atomic mass is 16.5. The Bertz CT molecular complexity index is 1100. The van der Waals surface area contributed by atoms with Crippen LogP contribution in [-0.4, -0.2) is 21.4 Å². The summed E-state index contributed by atoms with van der Waals surface area (Å²) < 4.78 is 9.22. The van der Waals surface area contributed by atoms with Gasteiger partial charge in [0.05, 0.1) is 11.4 Å². The van der Waals surface area contributed by atoms with E-state index >= 15 is 0 Å². The molecular weight excluding hydrogens is 390 g/mol. The maximum Gasteiger partial charge on any atom is 0.295 e. The van der Waals surface area contributed by atoms with E-state index in [9.17, 15) is 9.59 Å². The van der Waals surface area contributed by atoms with E-state index in [4.69, 9.17) is 4.74 Å². The predicted molar refractivity (Wildman–Crippen MR) is 124 cm³/mol. The van der Waals surface area contributed by atoms with E-state index in [0.29, 0.717) is 17.9 Å². The lowest BCUT2D eigenvalue weighted by Gasteiger charge is -2.20. The van der Waals surface area contributed by atoms with E-state index in [-0.39, 0.29) is 22.6 Å². The predicted octanol–water partition coefficient (Wildman–Crippen LogP) is 4.58. The van der Waals surface area contributed by atoms with Crippen molar-refractivity contribution >= 4 is 11.6 Å². The molecule has 0 fully saturated rings. The van der Waals surface area contributed by atoms with Crippen molar-refractivity contribution in [3.63, 3.8) is 0 Å². The molecule has 3 aromatic rings. The Morgan fingerprint density at radius 2 is 1.68 bits per heavy atom. The molecule has 6 heteroatoms. The zero-order chi connectivity index (χ0) is 22.8. The molecule has 1 heterocycles. The van der Waals surface area contributed by atoms with Gasteiger partial charge in [-0.2, -0.15) is 0 Å². The standard InChI is InChI=1S/C25H31N3O3/c1-7-21(31-20-15-13-18(14-16-20)25(3,4)5)23(29)26-22-17(2)27(6)28(24(22)30)19-11-9-8-10-12-19/h8-16,21H,7H2,1-6H3,(H,26,29)/t21-/m0/s1. The van der Waals surface area contributed by atoms with Crippen LogP contribution in [0, 0.1) is 6.92 Å². The van der Waals surface area contributed by atoms with Gasteiger partial charge in [-0.05, 0) is 48.6 Å². The van der Waals surface area contributed by atoms with Crippen molar-refractivity contribution in [2.24, 2.45) is 7.05 Å². The third-order valence-corrected chi connectivity index (χ3v) is 5.46. The second kappa shape index (κ2) is 8.84. The molecule has 0 saturated carbocycles. The fraction of sp³-hybridized carbons (Fsp3) is 0.360. The van der Waals surface area contributed by atoms with Crippen LogP contribution in [0.5, 0.6) is 5.75 Å². The number of anilines is 1. The summed E-state index contributed by atoms with van der Waals surface area (Å²) in [5.74, 6) is 0.287. The van der Waals surface area contributed by atoms with Crippen molar-refractivity contribution in [1.29, 1.82) is 0 Å². The van der Waals surface area contributed by atoms with Crippen LogP contribution < -0.4 is 15.6 Å². The summed E-state index contributed by atoms with van der Waals surface area (Å²) in [5, 5.41) is 2.80. The number of hydrogen-bond donors (Lipinski definition) is 1. The molecule has 0 saturated heterocycles. The van der Waals surface area contributed by atoms with Crippen LogP contribution in [-0.2, 0) is 17.3 Å². The monoisotopic (exact) mass is 421 g/mol. The summed E-state index contributed by atoms with van der Waals surface area (Å²) in [5.41, 5.74) is 2.64. The molecule has 0 radical (unpaired) electrons. The third-order valence-electron chi connectivity index (χ3n) is 5.46. The zero-order valence-corrected chi connectivity index (χ0v) is 19.1. The van der Waals surface area contributed by atoms with Gasteiger partial charge < -0.3 is 10.1 Å². The lowest BCUT2D eigenvalue weighted by Crippen LogP contribution is -2.34. The molecule has 0 aliphatic carbocycles. The highest BCUT2D eigenvalue weighted by Gasteiger charge is 2.24. The number of rotatable bonds is 6. The van der Waals surface area contributed by atoms with Crippen LogP contribution in [0.15, 0.2) is 59.4 Å². The molecule has 0 aliphatic heterocycles. The number of ether oxygens (including phenoxy) is 1. The highest BCUT2D eigenvalue weighted by Crippen LogP contribution is 2.25. The Labute approximate surface area is 183 Å². The van der Waals surface area contributed by atoms with Gasteiger partial charge in [-0.25, -0.2) is 4.68 Å². The zero-order valence-electron chi connectivity index (χ0n) is 19.1. The number of para-hydroxylation sites is 1. The Hall–Kier alpha value is -3.28. The molecule has 1 N–H and O–H groups in total. The number of hydrogen-bond acceptors (Lipinski definition) is 3. The van der Waals surface area contributed by atoms with Crippen LogP contribution >= 0.6 is 0 Å². The minimum Gasteiger partial charge on any atom is -0.481 e. The maximum absolute atomic E-state index is 13.0. The average Bonchev–Trinajstić information content (AvgIpc) is 2.95. The van der Waals surface area contributed by atoms with Crippen molar-refractivity contribution in [1.82, 2.24) is 9.36 Å². The number of nitrogens with one attached hydrogen (secondary N) is 1. The molecule has 1 amide bonds. The van der Waals surface area contributed by atoms with Gasteiger partial charge in [-0.1, -0.05) is 58.0 Å². The minimum atomic E-state index is -0.704. The minimum absolute atomic E-state index is 0.0452. The molecule has 3 rings (SSSR count). The van der Waals surface area contributed by atoms with Crippen molar-refractivity contribution in [3.05, 3.63) is 76.2 Å². The number of nitrogens with zero attached hydrogens (tertiary/aromatic N) is 2. The highest BCUT2D eigenvalue weighted by molar-refractivity contribution is 5.94. The van der Waals surface area contributed by atoms with Gasteiger partial charge in [0.15, 0.2) is 6.10 Å². The Morgan fingerprint density at radius 3 is 2.23 bits per heavy atom. The average molecular weight is 422 g/mol. The van der Waals surface area contributed by atoms with Gasteiger partial charge >= 0.3 is 0 Å². The third kappa shape index (κ3) is 4.74. The van der Waals surface area contributed by atoms with Crippen LogP contribution in [0.4, 0.5) is 5.69 Å². The number of carbonyl (C=O) groups is 1. The topological polar surface area (TPSA) is 65.3 Å². The summed E-state index contributed by atoms with van der Waals surface area (Å²) >= 11 is 0. The second-order valence-corrected chi connectivity index (χ2v) is 8.71. The van der Waals surface area contributed by atoms with E-state index in [2.05, 4.69) is 26.1 Å². The van der Waals surface area contributed by atoms with Crippen molar-refractivity contribution < 1.29 is 9.53 Å². The smallest absolute Gasteiger partial charge is 0.295 e. The first-order valence-electron chi connectivity index (χ1n) is 10.6. The Morgan fingerprint density at radius 1 is 1.06 bits per heavy atom. The van der Waals surface area contributed by atoms with E-state index < -0.39 is 6.10 Å². The molecule has 0 bridgehead atoms. The molecule has 0 aliphatic rings. The lowest BCUT2D eigenvalue weighted by atomic mass is 9.87. The summed E-state index contributed by atoms with van der Waals surface area (Å²) in [7, 11) is 1.80. The van der Waals surface area contributed by atoms with Gasteiger partial charge in [-0.15, -0.1) is 0 Å². The molecule has 1 aromatic heterocycles. The first-order chi connectivity index (χ1) is 14.6. The number of carbonyl (C=O) groups excluding carboxylic acids is 1. The molecule has 6 nitrogen and oxygen atoms in total. The maximum atomic E-state index is 13.0. The molecule has 164 valence electrons. The first-order valence-corrected chi connectivity index (χ1v) is 10.6. The van der Waals surface area contributed by atoms with Crippen molar-refractivity contribution in [3.8, 4) is 11.4 Å². The van der Waals surface area contributed by atoms with Crippen LogP contribution in [0.2, 0.25) is 0 Å². The molecule has 2 aromatic carbocycles. The van der Waals surface area contributed by atoms with E-state index in [0.717, 1.165) is 5.69 Å². The molecule has 0 spiro atoms. The summed E-state index contributed by atoms with van der Waals surface area (Å²) in [6, 6.07) is 17.1. The van der Waals surface area contributed by atoms with Crippen LogP contribution in [0.25, 0.3) is 5.69 Å². The van der Waals surface area contributed by atoms with Crippen molar-refractivity contribution in [2.75, 3.05) is 5.32 Å². The summed E-state index contributed by atoms with van der Waals surface area (Å²) in [6.07, 6.45) is -0.226. The van der Waals surface area contributed by atoms with E-state index in [1.807, 2.05) is 68.4 Å². The number of amides is 1. The molecule has 1 atom stereocenters. The van der Waals surface area contributed by atoms with Crippen LogP contribution in [0.1, 0.15) is 45.4 Å². The fourth-order valence-electron chi connectivity index (χ4n) is 3.44. The molecule has 0 unspecified atom stereocenters. The van der Waals surface area contributed by atoms with Gasteiger partial charge in [0.1, 0.15) is 11.4 Å². The van der Waals surface area contributed by atoms with Crippen LogP contribution in [0.3, 0.4) is 0 Å².